The van der Waals surface area contributed by atoms with Crippen LogP contribution in [0.3, 0.4) is 0 Å². The number of nitrogens with zero attached hydrogens (tertiary/aromatic N) is 3. The van der Waals surface area contributed by atoms with Gasteiger partial charge in [0, 0.05) is 6.07 Å². The molecule has 2 atom stereocenters. The molecule has 3 amide bonds. The van der Waals surface area contributed by atoms with Crippen molar-refractivity contribution in [3.8, 4) is 0 Å². The van der Waals surface area contributed by atoms with Crippen molar-refractivity contribution in [3.05, 3.63) is 69.8 Å². The minimum Gasteiger partial charge on any atom is -0.274 e. The normalized spacial score (nSPS) is 20.8. The first-order chi connectivity index (χ1) is 15.4. The molecule has 0 aromatic heterocycles. The number of carbonyl (C=O) groups excluding carboxylic acids is 3. The van der Waals surface area contributed by atoms with E-state index >= 15 is 0 Å². The van der Waals surface area contributed by atoms with Gasteiger partial charge in [0.25, 0.3) is 11.6 Å². The average molecular weight is 434 g/mol. The summed E-state index contributed by atoms with van der Waals surface area (Å²) in [6.45, 7) is 1.68. The Bertz CT molecular complexity index is 1100. The third kappa shape index (κ3) is 3.89. The average Bonchev–Trinajstić information content (AvgIpc) is 3.07. The van der Waals surface area contributed by atoms with Crippen LogP contribution in [0.1, 0.15) is 48.5 Å². The first-order valence-corrected chi connectivity index (χ1v) is 10.4. The molecule has 2 fully saturated rings. The fraction of sp³-hybridized carbons (Fsp3) is 0.304. The number of rotatable bonds is 5. The van der Waals surface area contributed by atoms with Crippen molar-refractivity contribution in [1.82, 2.24) is 5.43 Å². The number of benzene rings is 2. The number of nitro groups is 1. The molecule has 164 valence electrons. The molecule has 1 N–H and O–H groups in total. The van der Waals surface area contributed by atoms with E-state index in [9.17, 15) is 24.5 Å². The number of anilines is 1. The highest BCUT2D eigenvalue weighted by Gasteiger charge is 2.48. The summed E-state index contributed by atoms with van der Waals surface area (Å²) < 4.78 is 0. The fourth-order valence-corrected chi connectivity index (χ4v) is 4.35. The number of nitrogens with one attached hydrogen (secondary N) is 1. The topological polar surface area (TPSA) is 122 Å². The molecule has 0 spiro atoms. The van der Waals surface area contributed by atoms with Crippen molar-refractivity contribution in [2.45, 2.75) is 32.6 Å². The lowest BCUT2D eigenvalue weighted by Gasteiger charge is -2.19. The summed E-state index contributed by atoms with van der Waals surface area (Å²) in [6.07, 6.45) is 3.46. The number of hydrogen-bond donors (Lipinski definition) is 1. The van der Waals surface area contributed by atoms with E-state index in [1.807, 2.05) is 0 Å². The van der Waals surface area contributed by atoms with Crippen LogP contribution >= 0.6 is 0 Å². The second-order valence-corrected chi connectivity index (χ2v) is 7.97. The molecule has 4 rings (SSSR count). The minimum atomic E-state index is -0.691. The second kappa shape index (κ2) is 8.70. The fourth-order valence-electron chi connectivity index (χ4n) is 4.35. The Morgan fingerprint density at radius 2 is 1.62 bits per heavy atom. The monoisotopic (exact) mass is 434 g/mol. The standard InChI is InChI=1S/C23H22N4O5/c1-14(24-25-21(28)19-8-4-5-9-20(19)27(31)32)15-10-12-16(13-11-15)26-22(29)17-6-2-3-7-18(17)23(26)30/h4-5,8-13,17-18H,2-3,6-7H2,1H3,(H,25,28)/b24-14+. The largest absolute Gasteiger partial charge is 0.282 e. The van der Waals surface area contributed by atoms with Gasteiger partial charge >= 0.3 is 0 Å². The van der Waals surface area contributed by atoms with E-state index in [1.54, 1.807) is 31.2 Å². The van der Waals surface area contributed by atoms with E-state index in [1.165, 1.54) is 29.2 Å². The van der Waals surface area contributed by atoms with Crippen LogP contribution < -0.4 is 10.3 Å². The van der Waals surface area contributed by atoms with Crippen LogP contribution in [0.25, 0.3) is 0 Å². The second-order valence-electron chi connectivity index (χ2n) is 7.97. The predicted octanol–water partition coefficient (Wildman–Crippen LogP) is 3.43. The molecular weight excluding hydrogens is 412 g/mol. The quantitative estimate of drug-likeness (QED) is 0.334. The van der Waals surface area contributed by atoms with Gasteiger partial charge in [0.2, 0.25) is 11.8 Å². The maximum absolute atomic E-state index is 12.7. The number of hydrogen-bond acceptors (Lipinski definition) is 6. The lowest BCUT2D eigenvalue weighted by Crippen LogP contribution is -2.30. The summed E-state index contributed by atoms with van der Waals surface area (Å²) in [5.41, 5.74) is 3.61. The number of hydrazone groups is 1. The van der Waals surface area contributed by atoms with Gasteiger partial charge in [0.05, 0.1) is 28.2 Å². The highest BCUT2D eigenvalue weighted by Crippen LogP contribution is 2.40. The van der Waals surface area contributed by atoms with Gasteiger partial charge in [-0.2, -0.15) is 5.10 Å². The Hall–Kier alpha value is -3.88. The smallest absolute Gasteiger partial charge is 0.274 e. The lowest BCUT2D eigenvalue weighted by molar-refractivity contribution is -0.385. The van der Waals surface area contributed by atoms with Crippen molar-refractivity contribution >= 4 is 34.8 Å². The van der Waals surface area contributed by atoms with Gasteiger partial charge in [-0.15, -0.1) is 0 Å². The molecule has 0 bridgehead atoms. The third-order valence-electron chi connectivity index (χ3n) is 6.05. The summed E-state index contributed by atoms with van der Waals surface area (Å²) in [4.78, 5) is 49.6. The Kier molecular flexibility index (Phi) is 5.81. The Labute approximate surface area is 184 Å². The number of fused-ring (bicyclic) bond motifs is 1. The van der Waals surface area contributed by atoms with Crippen molar-refractivity contribution in [2.75, 3.05) is 4.90 Å². The number of carbonyl (C=O) groups is 3. The van der Waals surface area contributed by atoms with Crippen molar-refractivity contribution in [3.63, 3.8) is 0 Å². The zero-order chi connectivity index (χ0) is 22.8. The van der Waals surface area contributed by atoms with Crippen molar-refractivity contribution < 1.29 is 19.3 Å². The molecule has 9 nitrogen and oxygen atoms in total. The molecule has 1 aliphatic carbocycles. The van der Waals surface area contributed by atoms with Crippen molar-refractivity contribution in [2.24, 2.45) is 16.9 Å². The highest BCUT2D eigenvalue weighted by atomic mass is 16.6. The maximum Gasteiger partial charge on any atom is 0.282 e. The predicted molar refractivity (Wildman–Crippen MR) is 117 cm³/mol. The molecule has 0 radical (unpaired) electrons. The molecule has 2 aromatic rings. The Morgan fingerprint density at radius 1 is 1.03 bits per heavy atom. The lowest BCUT2D eigenvalue weighted by atomic mass is 9.81. The zero-order valence-electron chi connectivity index (χ0n) is 17.5. The number of nitro benzene ring substituents is 1. The van der Waals surface area contributed by atoms with Crippen LogP contribution in [0.4, 0.5) is 11.4 Å². The van der Waals surface area contributed by atoms with E-state index in [-0.39, 0.29) is 34.9 Å². The molecule has 1 saturated heterocycles. The minimum absolute atomic E-state index is 0.0862. The SMILES string of the molecule is C/C(=N\NC(=O)c1ccccc1[N+](=O)[O-])c1ccc(N2C(=O)C3CCCCC3C2=O)cc1. The van der Waals surface area contributed by atoms with Gasteiger partial charge in [0.1, 0.15) is 5.56 Å². The zero-order valence-corrected chi connectivity index (χ0v) is 17.5. The first-order valence-electron chi connectivity index (χ1n) is 10.4. The van der Waals surface area contributed by atoms with Gasteiger partial charge in [-0.05, 0) is 43.5 Å². The van der Waals surface area contributed by atoms with Gasteiger partial charge < -0.3 is 0 Å². The highest BCUT2D eigenvalue weighted by molar-refractivity contribution is 6.22. The Morgan fingerprint density at radius 3 is 2.22 bits per heavy atom. The van der Waals surface area contributed by atoms with Crippen LogP contribution in [0.15, 0.2) is 53.6 Å². The summed E-state index contributed by atoms with van der Waals surface area (Å²) in [7, 11) is 0. The third-order valence-corrected chi connectivity index (χ3v) is 6.05. The molecule has 9 heteroatoms. The molecule has 2 aliphatic rings. The molecule has 1 heterocycles. The van der Waals surface area contributed by atoms with Crippen molar-refractivity contribution in [1.29, 1.82) is 0 Å². The molecule has 32 heavy (non-hydrogen) atoms. The van der Waals surface area contributed by atoms with Crippen LogP contribution in [-0.2, 0) is 9.59 Å². The van der Waals surface area contributed by atoms with Gasteiger partial charge in [-0.3, -0.25) is 29.4 Å². The first kappa shape index (κ1) is 21.4. The summed E-state index contributed by atoms with van der Waals surface area (Å²) in [5, 5.41) is 15.1. The van der Waals surface area contributed by atoms with Gasteiger partial charge in [-0.25, -0.2) is 5.43 Å². The summed E-state index contributed by atoms with van der Waals surface area (Å²) >= 11 is 0. The molecule has 1 aliphatic heterocycles. The van der Waals surface area contributed by atoms with E-state index in [4.69, 9.17) is 0 Å². The van der Waals surface area contributed by atoms with E-state index in [2.05, 4.69) is 10.5 Å². The molecular formula is C23H22N4O5. The molecule has 1 saturated carbocycles. The van der Waals surface area contributed by atoms with E-state index < -0.39 is 10.8 Å². The Balaban J connectivity index is 1.48. The van der Waals surface area contributed by atoms with Crippen LogP contribution in [0.5, 0.6) is 0 Å². The van der Waals surface area contributed by atoms with Gasteiger partial charge in [0.15, 0.2) is 0 Å². The van der Waals surface area contributed by atoms with Crippen LogP contribution in [-0.4, -0.2) is 28.4 Å². The number of amides is 3. The summed E-state index contributed by atoms with van der Waals surface area (Å²) in [6, 6.07) is 12.4. The number of para-hydroxylation sites is 1. The molecule has 2 aromatic carbocycles. The summed E-state index contributed by atoms with van der Waals surface area (Å²) in [5.74, 6) is -1.37. The number of imide groups is 1. The van der Waals surface area contributed by atoms with Crippen LogP contribution in [0.2, 0.25) is 0 Å². The van der Waals surface area contributed by atoms with E-state index in [0.29, 0.717) is 17.0 Å². The van der Waals surface area contributed by atoms with Crippen LogP contribution in [0, 0.1) is 22.0 Å². The van der Waals surface area contributed by atoms with E-state index in [0.717, 1.165) is 25.7 Å². The maximum atomic E-state index is 12.7. The van der Waals surface area contributed by atoms with Gasteiger partial charge in [-0.1, -0.05) is 37.1 Å². The molecule has 2 unspecified atom stereocenters.